The fourth-order valence-corrected chi connectivity index (χ4v) is 2.00. The highest BCUT2D eigenvalue weighted by Gasteiger charge is 2.14. The second-order valence-electron chi connectivity index (χ2n) is 5.12. The van der Waals surface area contributed by atoms with Crippen LogP contribution >= 0.6 is 0 Å². The van der Waals surface area contributed by atoms with Crippen LogP contribution in [-0.2, 0) is 6.42 Å². The van der Waals surface area contributed by atoms with Crippen LogP contribution in [0.1, 0.15) is 43.1 Å². The number of ketones is 1. The molecule has 0 bridgehead atoms. The molecule has 0 saturated heterocycles. The van der Waals surface area contributed by atoms with Crippen LogP contribution in [0.25, 0.3) is 0 Å². The summed E-state index contributed by atoms with van der Waals surface area (Å²) >= 11 is 0. The van der Waals surface area contributed by atoms with Gasteiger partial charge >= 0.3 is 0 Å². The number of aryl methyl sites for hydroxylation is 1. The second kappa shape index (κ2) is 8.08. The van der Waals surface area contributed by atoms with Gasteiger partial charge < -0.3 is 5.11 Å². The summed E-state index contributed by atoms with van der Waals surface area (Å²) < 4.78 is 0. The van der Waals surface area contributed by atoms with Gasteiger partial charge in [0, 0.05) is 24.8 Å². The zero-order valence-electron chi connectivity index (χ0n) is 12.2. The molecule has 0 aromatic heterocycles. The van der Waals surface area contributed by atoms with E-state index < -0.39 is 0 Å². The van der Waals surface area contributed by atoms with Crippen molar-refractivity contribution in [2.75, 3.05) is 19.7 Å². The first-order valence-corrected chi connectivity index (χ1v) is 7.05. The van der Waals surface area contributed by atoms with Crippen molar-refractivity contribution in [2.45, 2.75) is 39.7 Å². The number of nitrogens with zero attached hydrogens (tertiary/aromatic N) is 1. The van der Waals surface area contributed by atoms with Crippen LogP contribution in [0, 0.1) is 0 Å². The molecule has 0 fully saturated rings. The zero-order valence-corrected chi connectivity index (χ0v) is 12.2. The summed E-state index contributed by atoms with van der Waals surface area (Å²) in [5.74, 6) is 0.147. The second-order valence-corrected chi connectivity index (χ2v) is 5.12. The minimum absolute atomic E-state index is 0.147. The van der Waals surface area contributed by atoms with Gasteiger partial charge in [0.1, 0.15) is 0 Å². The van der Waals surface area contributed by atoms with Crippen LogP contribution in [0.3, 0.4) is 0 Å². The van der Waals surface area contributed by atoms with E-state index in [1.54, 1.807) is 0 Å². The molecule has 19 heavy (non-hydrogen) atoms. The Morgan fingerprint density at radius 3 is 2.37 bits per heavy atom. The molecule has 0 aliphatic rings. The Labute approximate surface area is 116 Å². The summed E-state index contributed by atoms with van der Waals surface area (Å²) in [4.78, 5) is 14.3. The number of hydrogen-bond acceptors (Lipinski definition) is 3. The van der Waals surface area contributed by atoms with Gasteiger partial charge in [-0.2, -0.15) is 0 Å². The highest BCUT2D eigenvalue weighted by molar-refractivity contribution is 5.97. The Morgan fingerprint density at radius 1 is 1.26 bits per heavy atom. The molecule has 0 heterocycles. The van der Waals surface area contributed by atoms with Gasteiger partial charge in [-0.25, -0.2) is 0 Å². The Balaban J connectivity index is 2.64. The molecule has 0 amide bonds. The average Bonchev–Trinajstić information content (AvgIpc) is 2.43. The standard InChI is InChI=1S/C16H25NO2/c1-4-14-6-8-15(9-7-14)16(19)12-17(13(2)3)10-5-11-18/h6-9,13,18H,4-5,10-12H2,1-3H3. The minimum atomic E-state index is 0.147. The van der Waals surface area contributed by atoms with Crippen molar-refractivity contribution in [2.24, 2.45) is 0 Å². The molecular formula is C16H25NO2. The predicted molar refractivity (Wildman–Crippen MR) is 78.6 cm³/mol. The molecule has 0 aliphatic carbocycles. The molecule has 1 N–H and O–H groups in total. The van der Waals surface area contributed by atoms with Crippen LogP contribution in [0.15, 0.2) is 24.3 Å². The van der Waals surface area contributed by atoms with Gasteiger partial charge in [0.05, 0.1) is 6.54 Å². The molecule has 1 rings (SSSR count). The predicted octanol–water partition coefficient (Wildman–Crippen LogP) is 2.52. The fourth-order valence-electron chi connectivity index (χ4n) is 2.00. The quantitative estimate of drug-likeness (QED) is 0.733. The van der Waals surface area contributed by atoms with Crippen LogP contribution in [-0.4, -0.2) is 41.5 Å². The van der Waals surface area contributed by atoms with Crippen molar-refractivity contribution in [3.8, 4) is 0 Å². The number of aliphatic hydroxyl groups is 1. The van der Waals surface area contributed by atoms with Crippen molar-refractivity contribution in [1.82, 2.24) is 4.90 Å². The van der Waals surface area contributed by atoms with Gasteiger partial charge in [-0.3, -0.25) is 9.69 Å². The molecule has 106 valence electrons. The maximum absolute atomic E-state index is 12.2. The van der Waals surface area contributed by atoms with E-state index >= 15 is 0 Å². The maximum atomic E-state index is 12.2. The van der Waals surface area contributed by atoms with Crippen LogP contribution in [0.4, 0.5) is 0 Å². The average molecular weight is 263 g/mol. The monoisotopic (exact) mass is 263 g/mol. The van der Waals surface area contributed by atoms with Crippen molar-refractivity contribution in [1.29, 1.82) is 0 Å². The van der Waals surface area contributed by atoms with E-state index in [-0.39, 0.29) is 12.4 Å². The fraction of sp³-hybridized carbons (Fsp3) is 0.562. The van der Waals surface area contributed by atoms with Crippen molar-refractivity contribution < 1.29 is 9.90 Å². The normalized spacial score (nSPS) is 11.3. The number of aliphatic hydroxyl groups excluding tert-OH is 1. The van der Waals surface area contributed by atoms with Gasteiger partial charge in [0.15, 0.2) is 5.78 Å². The van der Waals surface area contributed by atoms with E-state index in [1.165, 1.54) is 5.56 Å². The van der Waals surface area contributed by atoms with Crippen molar-refractivity contribution in [3.05, 3.63) is 35.4 Å². The van der Waals surface area contributed by atoms with Crippen molar-refractivity contribution in [3.63, 3.8) is 0 Å². The first-order valence-electron chi connectivity index (χ1n) is 7.05. The SMILES string of the molecule is CCc1ccc(C(=O)CN(CCCO)C(C)C)cc1. The Bertz CT molecular complexity index is 384. The molecule has 0 aliphatic heterocycles. The summed E-state index contributed by atoms with van der Waals surface area (Å²) in [6, 6.07) is 8.16. The third-order valence-electron chi connectivity index (χ3n) is 3.36. The number of carbonyl (C=O) groups is 1. The van der Waals surface area contributed by atoms with E-state index in [1.807, 2.05) is 24.3 Å². The van der Waals surface area contributed by atoms with Crippen LogP contribution in [0.5, 0.6) is 0 Å². The largest absolute Gasteiger partial charge is 0.396 e. The number of hydrogen-bond donors (Lipinski definition) is 1. The summed E-state index contributed by atoms with van der Waals surface area (Å²) in [6.07, 6.45) is 1.70. The lowest BCUT2D eigenvalue weighted by atomic mass is 10.1. The third-order valence-corrected chi connectivity index (χ3v) is 3.36. The van der Waals surface area contributed by atoms with E-state index in [4.69, 9.17) is 5.11 Å². The Morgan fingerprint density at radius 2 is 1.89 bits per heavy atom. The molecule has 1 aromatic rings. The lowest BCUT2D eigenvalue weighted by Crippen LogP contribution is -2.36. The van der Waals surface area contributed by atoms with E-state index in [9.17, 15) is 4.79 Å². The Kier molecular flexibility index (Phi) is 6.74. The molecule has 0 saturated carbocycles. The number of rotatable bonds is 8. The topological polar surface area (TPSA) is 40.5 Å². The smallest absolute Gasteiger partial charge is 0.176 e. The summed E-state index contributed by atoms with van der Waals surface area (Å²) in [5.41, 5.74) is 2.02. The van der Waals surface area contributed by atoms with Crippen LogP contribution in [0.2, 0.25) is 0 Å². The van der Waals surface area contributed by atoms with E-state index in [0.717, 1.165) is 18.5 Å². The lowest BCUT2D eigenvalue weighted by Gasteiger charge is -2.25. The maximum Gasteiger partial charge on any atom is 0.176 e. The molecule has 1 aromatic carbocycles. The molecular weight excluding hydrogens is 238 g/mol. The molecule has 3 heteroatoms. The molecule has 0 unspecified atom stereocenters. The van der Waals surface area contributed by atoms with Gasteiger partial charge in [-0.1, -0.05) is 31.2 Å². The molecule has 3 nitrogen and oxygen atoms in total. The third kappa shape index (κ3) is 5.13. The zero-order chi connectivity index (χ0) is 14.3. The van der Waals surface area contributed by atoms with Gasteiger partial charge in [0.2, 0.25) is 0 Å². The number of Topliss-reactive ketones (excluding diaryl/α,β-unsaturated/α-hetero) is 1. The minimum Gasteiger partial charge on any atom is -0.396 e. The summed E-state index contributed by atoms with van der Waals surface area (Å²) in [6.45, 7) is 7.60. The molecule has 0 spiro atoms. The highest BCUT2D eigenvalue weighted by atomic mass is 16.3. The van der Waals surface area contributed by atoms with Gasteiger partial charge in [-0.05, 0) is 32.3 Å². The number of carbonyl (C=O) groups excluding carboxylic acids is 1. The first-order chi connectivity index (χ1) is 9.08. The van der Waals surface area contributed by atoms with Crippen LogP contribution < -0.4 is 0 Å². The molecule has 0 radical (unpaired) electrons. The van der Waals surface area contributed by atoms with E-state index in [2.05, 4.69) is 25.7 Å². The number of benzene rings is 1. The summed E-state index contributed by atoms with van der Waals surface area (Å²) in [7, 11) is 0. The molecule has 0 atom stereocenters. The first kappa shape index (κ1) is 15.9. The van der Waals surface area contributed by atoms with Gasteiger partial charge in [0.25, 0.3) is 0 Å². The lowest BCUT2D eigenvalue weighted by molar-refractivity contribution is 0.0896. The Hall–Kier alpha value is -1.19. The van der Waals surface area contributed by atoms with Crippen molar-refractivity contribution >= 4 is 5.78 Å². The summed E-state index contributed by atoms with van der Waals surface area (Å²) in [5, 5.41) is 8.89. The highest BCUT2D eigenvalue weighted by Crippen LogP contribution is 2.08. The van der Waals surface area contributed by atoms with E-state index in [0.29, 0.717) is 19.0 Å². The van der Waals surface area contributed by atoms with Gasteiger partial charge in [-0.15, -0.1) is 0 Å².